The molecule has 0 spiro atoms. The van der Waals surface area contributed by atoms with Gasteiger partial charge in [-0.3, -0.25) is 0 Å². The fourth-order valence-electron chi connectivity index (χ4n) is 2.50. The van der Waals surface area contributed by atoms with Crippen molar-refractivity contribution in [2.75, 3.05) is 26.4 Å². The van der Waals surface area contributed by atoms with Gasteiger partial charge in [0.25, 0.3) is 0 Å². The number of hydrogen-bond donors (Lipinski definition) is 1. The molecule has 140 valence electrons. The van der Waals surface area contributed by atoms with E-state index < -0.39 is 0 Å². The van der Waals surface area contributed by atoms with Crippen LogP contribution in [0.3, 0.4) is 0 Å². The molecule has 3 aromatic rings. The molecule has 0 amide bonds. The first kappa shape index (κ1) is 18.9. The first-order chi connectivity index (χ1) is 13.4. The molecule has 6 nitrogen and oxygen atoms in total. The Morgan fingerprint density at radius 1 is 0.778 bits per heavy atom. The van der Waals surface area contributed by atoms with E-state index in [1.54, 1.807) is 0 Å². The first-order valence-electron chi connectivity index (χ1n) is 9.05. The zero-order chi connectivity index (χ0) is 18.7. The largest absolute Gasteiger partial charge is 0.461 e. The summed E-state index contributed by atoms with van der Waals surface area (Å²) in [7, 11) is 0. The van der Waals surface area contributed by atoms with E-state index in [2.05, 4.69) is 15.0 Å². The third-order valence-electron chi connectivity index (χ3n) is 3.83. The van der Waals surface area contributed by atoms with Gasteiger partial charge < -0.3 is 14.6 Å². The third-order valence-corrected chi connectivity index (χ3v) is 3.83. The number of rotatable bonds is 5. The highest BCUT2D eigenvalue weighted by molar-refractivity contribution is 5.61. The highest BCUT2D eigenvalue weighted by atomic mass is 16.5. The molecule has 27 heavy (non-hydrogen) atoms. The molecule has 0 radical (unpaired) electrons. The van der Waals surface area contributed by atoms with Gasteiger partial charge in [0.1, 0.15) is 6.61 Å². The summed E-state index contributed by atoms with van der Waals surface area (Å²) in [5.74, 6) is 1.09. The summed E-state index contributed by atoms with van der Waals surface area (Å²) < 4.78 is 10.3. The smallest absolute Gasteiger partial charge is 0.320 e. The van der Waals surface area contributed by atoms with Crippen molar-refractivity contribution in [3.63, 3.8) is 0 Å². The Bertz CT molecular complexity index is 744. The van der Waals surface area contributed by atoms with Gasteiger partial charge >= 0.3 is 6.01 Å². The van der Waals surface area contributed by atoms with Gasteiger partial charge in [-0.15, -0.1) is 0 Å². The molecule has 0 saturated carbocycles. The summed E-state index contributed by atoms with van der Waals surface area (Å²) in [5.41, 5.74) is 1.77. The van der Waals surface area contributed by atoms with Crippen LogP contribution in [0.15, 0.2) is 60.7 Å². The van der Waals surface area contributed by atoms with Crippen molar-refractivity contribution in [3.8, 4) is 28.8 Å². The predicted molar refractivity (Wildman–Crippen MR) is 103 cm³/mol. The maximum Gasteiger partial charge on any atom is 0.320 e. The van der Waals surface area contributed by atoms with Gasteiger partial charge in [-0.05, 0) is 12.8 Å². The number of aliphatic hydroxyl groups excluding tert-OH is 1. The minimum atomic E-state index is -0.0903. The molecular weight excluding hydrogens is 342 g/mol. The third kappa shape index (κ3) is 5.84. The van der Waals surface area contributed by atoms with E-state index in [0.29, 0.717) is 11.6 Å². The monoisotopic (exact) mass is 365 g/mol. The quantitative estimate of drug-likeness (QED) is 0.747. The lowest BCUT2D eigenvalue weighted by Gasteiger charge is -2.08. The van der Waals surface area contributed by atoms with E-state index in [1.165, 1.54) is 12.8 Å². The predicted octanol–water partition coefficient (Wildman–Crippen LogP) is 3.37. The van der Waals surface area contributed by atoms with E-state index in [-0.39, 0.29) is 19.2 Å². The highest BCUT2D eigenvalue weighted by Crippen LogP contribution is 2.22. The standard InChI is InChI=1S/C17H15N3O2.C4H8O/c21-11-12-22-17-19-15(13-7-3-1-4-8-13)18-16(20-17)14-9-5-2-6-10-14;1-2-4-5-3-1/h1-10,21H,11-12H2;1-4H2. The number of hydrogen-bond acceptors (Lipinski definition) is 6. The highest BCUT2D eigenvalue weighted by Gasteiger charge is 2.10. The Labute approximate surface area is 158 Å². The topological polar surface area (TPSA) is 77.4 Å². The van der Waals surface area contributed by atoms with Crippen LogP contribution in [0.5, 0.6) is 6.01 Å². The van der Waals surface area contributed by atoms with E-state index >= 15 is 0 Å². The average Bonchev–Trinajstić information content (AvgIpc) is 3.34. The second kappa shape index (κ2) is 10.4. The van der Waals surface area contributed by atoms with Gasteiger partial charge in [-0.2, -0.15) is 9.97 Å². The molecule has 1 aromatic heterocycles. The van der Waals surface area contributed by atoms with Crippen LogP contribution < -0.4 is 4.74 Å². The SMILES string of the molecule is C1CCOC1.OCCOc1nc(-c2ccccc2)nc(-c2ccccc2)n1. The Balaban J connectivity index is 0.000000364. The van der Waals surface area contributed by atoms with E-state index in [9.17, 15) is 0 Å². The van der Waals surface area contributed by atoms with Gasteiger partial charge in [0, 0.05) is 24.3 Å². The van der Waals surface area contributed by atoms with E-state index in [1.807, 2.05) is 60.7 Å². The molecule has 0 bridgehead atoms. The summed E-state index contributed by atoms with van der Waals surface area (Å²) in [5, 5.41) is 8.90. The Morgan fingerprint density at radius 2 is 1.30 bits per heavy atom. The van der Waals surface area contributed by atoms with Gasteiger partial charge in [0.15, 0.2) is 11.6 Å². The molecule has 2 aromatic carbocycles. The summed E-state index contributed by atoms with van der Waals surface area (Å²) in [6.07, 6.45) is 2.56. The number of benzene rings is 2. The maximum absolute atomic E-state index is 8.90. The van der Waals surface area contributed by atoms with Gasteiger partial charge in [-0.25, -0.2) is 4.98 Å². The molecule has 0 unspecified atom stereocenters. The lowest BCUT2D eigenvalue weighted by Crippen LogP contribution is -2.07. The second-order valence-electron chi connectivity index (χ2n) is 5.89. The van der Waals surface area contributed by atoms with Crippen LogP contribution in [0.1, 0.15) is 12.8 Å². The summed E-state index contributed by atoms with van der Waals surface area (Å²) in [6.45, 7) is 2.06. The number of ether oxygens (including phenoxy) is 2. The van der Waals surface area contributed by atoms with Crippen LogP contribution in [0.4, 0.5) is 0 Å². The van der Waals surface area contributed by atoms with Crippen LogP contribution in [0.25, 0.3) is 22.8 Å². The second-order valence-corrected chi connectivity index (χ2v) is 5.89. The van der Waals surface area contributed by atoms with Crippen molar-refractivity contribution < 1.29 is 14.6 Å². The van der Waals surface area contributed by atoms with Crippen LogP contribution >= 0.6 is 0 Å². The van der Waals surface area contributed by atoms with Gasteiger partial charge in [-0.1, -0.05) is 60.7 Å². The van der Waals surface area contributed by atoms with Crippen LogP contribution in [-0.2, 0) is 4.74 Å². The fraction of sp³-hybridized carbons (Fsp3) is 0.286. The normalized spacial score (nSPS) is 12.9. The molecule has 6 heteroatoms. The van der Waals surface area contributed by atoms with Crippen molar-refractivity contribution >= 4 is 0 Å². The average molecular weight is 365 g/mol. The fourth-order valence-corrected chi connectivity index (χ4v) is 2.50. The molecule has 1 aliphatic heterocycles. The molecular formula is C21H23N3O3. The molecule has 1 saturated heterocycles. The number of nitrogens with zero attached hydrogens (tertiary/aromatic N) is 3. The van der Waals surface area contributed by atoms with Crippen molar-refractivity contribution in [3.05, 3.63) is 60.7 Å². The van der Waals surface area contributed by atoms with Crippen molar-refractivity contribution in [1.82, 2.24) is 15.0 Å². The Morgan fingerprint density at radius 3 is 1.70 bits per heavy atom. The molecule has 1 aliphatic rings. The van der Waals surface area contributed by atoms with Crippen molar-refractivity contribution in [2.24, 2.45) is 0 Å². The van der Waals surface area contributed by atoms with Crippen molar-refractivity contribution in [2.45, 2.75) is 12.8 Å². The maximum atomic E-state index is 8.90. The number of aromatic nitrogens is 3. The first-order valence-corrected chi connectivity index (χ1v) is 9.05. The number of aliphatic hydroxyl groups is 1. The van der Waals surface area contributed by atoms with E-state index in [0.717, 1.165) is 24.3 Å². The lowest BCUT2D eigenvalue weighted by atomic mass is 10.2. The minimum absolute atomic E-state index is 0.0903. The van der Waals surface area contributed by atoms with Crippen LogP contribution in [0.2, 0.25) is 0 Å². The zero-order valence-corrected chi connectivity index (χ0v) is 15.1. The summed E-state index contributed by atoms with van der Waals surface area (Å²) in [4.78, 5) is 13.1. The Hall–Kier alpha value is -2.83. The minimum Gasteiger partial charge on any atom is -0.461 e. The van der Waals surface area contributed by atoms with E-state index in [4.69, 9.17) is 14.6 Å². The van der Waals surface area contributed by atoms with Crippen molar-refractivity contribution in [1.29, 1.82) is 0 Å². The molecule has 2 heterocycles. The molecule has 0 aliphatic carbocycles. The van der Waals surface area contributed by atoms with Gasteiger partial charge in [0.05, 0.1) is 6.61 Å². The summed E-state index contributed by atoms with van der Waals surface area (Å²) >= 11 is 0. The molecule has 1 N–H and O–H groups in total. The van der Waals surface area contributed by atoms with Crippen LogP contribution in [-0.4, -0.2) is 46.5 Å². The van der Waals surface area contributed by atoms with Gasteiger partial charge in [0.2, 0.25) is 0 Å². The molecule has 1 fully saturated rings. The lowest BCUT2D eigenvalue weighted by molar-refractivity contribution is 0.191. The summed E-state index contributed by atoms with van der Waals surface area (Å²) in [6, 6.07) is 19.5. The van der Waals surface area contributed by atoms with Crippen LogP contribution in [0, 0.1) is 0 Å². The zero-order valence-electron chi connectivity index (χ0n) is 15.1. The molecule has 4 rings (SSSR count). The Kier molecular flexibility index (Phi) is 7.26. The molecule has 0 atom stereocenters.